The maximum absolute atomic E-state index is 11.2. The Bertz CT molecular complexity index is 1510. The molecule has 0 aliphatic carbocycles. The van der Waals surface area contributed by atoms with Crippen LogP contribution in [0.15, 0.2) is 69.6 Å². The lowest BCUT2D eigenvalue weighted by molar-refractivity contribution is -0.665. The van der Waals surface area contributed by atoms with Gasteiger partial charge in [-0.05, 0) is 81.3 Å². The van der Waals surface area contributed by atoms with Crippen LogP contribution in [0.4, 0.5) is 5.69 Å². The lowest BCUT2D eigenvalue weighted by Gasteiger charge is -2.17. The molecule has 8 heteroatoms. The van der Waals surface area contributed by atoms with E-state index >= 15 is 0 Å². The summed E-state index contributed by atoms with van der Waals surface area (Å²) in [5, 5.41) is 20.6. The van der Waals surface area contributed by atoms with E-state index in [0.717, 1.165) is 55.1 Å². The van der Waals surface area contributed by atoms with Crippen molar-refractivity contribution < 1.29 is 24.4 Å². The molecule has 0 atom stereocenters. The first-order chi connectivity index (χ1) is 17.7. The van der Waals surface area contributed by atoms with E-state index in [2.05, 4.69) is 41.5 Å². The molecule has 1 aliphatic rings. The number of aromatic nitrogens is 1. The number of thiazole rings is 1. The summed E-state index contributed by atoms with van der Waals surface area (Å²) in [6, 6.07) is 12.1. The van der Waals surface area contributed by atoms with Gasteiger partial charge in [0, 0.05) is 34.7 Å². The van der Waals surface area contributed by atoms with Crippen molar-refractivity contribution >= 4 is 69.2 Å². The van der Waals surface area contributed by atoms with Gasteiger partial charge in [-0.3, -0.25) is 0 Å². The fraction of sp³-hybridized carbons (Fsp3) is 0.207. The van der Waals surface area contributed by atoms with Gasteiger partial charge in [0.2, 0.25) is 5.52 Å². The number of nitrogens with zero attached hydrogens (tertiary/aromatic N) is 2. The number of aryl methyl sites for hydroxylation is 1. The van der Waals surface area contributed by atoms with E-state index in [1.54, 1.807) is 49.1 Å². The lowest BCUT2D eigenvalue weighted by Crippen LogP contribution is -2.33. The standard InChI is InChI=1S/C29H28N2O4S2/c1-5-30-22-12-10-20(14-18(3)28(32)33)16-24(22)36-26(30)8-7-9-27-31(6-2)23-13-11-21(17-25(23)37-27)15-19(4)29(34)35/h7-17H,5-6H2,1-4H3,(H-,32,33,34,35)/p+1/b18-14-,19-15+. The minimum absolute atomic E-state index is 0.307. The molecule has 0 saturated heterocycles. The van der Waals surface area contributed by atoms with Crippen LogP contribution in [0.1, 0.15) is 43.8 Å². The molecular weight excluding hydrogens is 504 g/mol. The number of carboxylic acids is 2. The number of aliphatic carboxylic acids is 2. The summed E-state index contributed by atoms with van der Waals surface area (Å²) in [5.74, 6) is -1.83. The second-order valence-electron chi connectivity index (χ2n) is 8.61. The predicted molar refractivity (Wildman–Crippen MR) is 153 cm³/mol. The Labute approximate surface area is 224 Å². The number of allylic oxidation sites excluding steroid dienone is 2. The van der Waals surface area contributed by atoms with E-state index in [4.69, 9.17) is 0 Å². The van der Waals surface area contributed by atoms with E-state index in [1.165, 1.54) is 0 Å². The lowest BCUT2D eigenvalue weighted by atomic mass is 10.1. The molecule has 0 amide bonds. The molecule has 1 aliphatic heterocycles. The molecule has 0 fully saturated rings. The third-order valence-corrected chi connectivity index (χ3v) is 8.29. The number of hydrogen-bond acceptors (Lipinski definition) is 5. The summed E-state index contributed by atoms with van der Waals surface area (Å²) >= 11 is 3.36. The molecule has 3 aromatic rings. The van der Waals surface area contributed by atoms with E-state index in [-0.39, 0.29) is 0 Å². The van der Waals surface area contributed by atoms with Crippen molar-refractivity contribution in [3.05, 3.63) is 80.9 Å². The van der Waals surface area contributed by atoms with Crippen molar-refractivity contribution in [1.29, 1.82) is 0 Å². The van der Waals surface area contributed by atoms with Crippen molar-refractivity contribution in [2.45, 2.75) is 39.1 Å². The zero-order valence-electron chi connectivity index (χ0n) is 21.2. The highest BCUT2D eigenvalue weighted by atomic mass is 32.2. The van der Waals surface area contributed by atoms with Crippen molar-refractivity contribution in [3.63, 3.8) is 0 Å². The Kier molecular flexibility index (Phi) is 8.00. The van der Waals surface area contributed by atoms with E-state index < -0.39 is 11.9 Å². The van der Waals surface area contributed by atoms with E-state index in [1.807, 2.05) is 36.4 Å². The molecule has 0 unspecified atom stereocenters. The fourth-order valence-electron chi connectivity index (χ4n) is 4.16. The fourth-order valence-corrected chi connectivity index (χ4v) is 6.53. The largest absolute Gasteiger partial charge is 0.478 e. The van der Waals surface area contributed by atoms with Gasteiger partial charge in [-0.1, -0.05) is 35.2 Å². The van der Waals surface area contributed by atoms with E-state index in [9.17, 15) is 19.8 Å². The maximum atomic E-state index is 11.2. The first kappa shape index (κ1) is 26.4. The Hall–Kier alpha value is -3.62. The third kappa shape index (κ3) is 5.70. The average molecular weight is 534 g/mol. The first-order valence-electron chi connectivity index (χ1n) is 12.0. The van der Waals surface area contributed by atoms with Crippen molar-refractivity contribution in [1.82, 2.24) is 0 Å². The molecule has 0 spiro atoms. The van der Waals surface area contributed by atoms with Gasteiger partial charge in [0.25, 0.3) is 5.01 Å². The quantitative estimate of drug-likeness (QED) is 0.249. The molecule has 190 valence electrons. The molecule has 0 bridgehead atoms. The smallest absolute Gasteiger partial charge is 0.331 e. The van der Waals surface area contributed by atoms with Crippen molar-refractivity contribution in [2.24, 2.45) is 0 Å². The van der Waals surface area contributed by atoms with Crippen LogP contribution in [0.3, 0.4) is 0 Å². The first-order valence-corrected chi connectivity index (χ1v) is 13.6. The van der Waals surface area contributed by atoms with Crippen LogP contribution in [0.25, 0.3) is 28.4 Å². The minimum Gasteiger partial charge on any atom is -0.478 e. The number of carbonyl (C=O) groups is 2. The van der Waals surface area contributed by atoms with Crippen LogP contribution >= 0.6 is 23.1 Å². The Morgan fingerprint density at radius 3 is 2.24 bits per heavy atom. The molecule has 2 heterocycles. The summed E-state index contributed by atoms with van der Waals surface area (Å²) in [7, 11) is 0. The van der Waals surface area contributed by atoms with Crippen LogP contribution in [0, 0.1) is 0 Å². The normalized spacial score (nSPS) is 15.2. The molecule has 37 heavy (non-hydrogen) atoms. The molecule has 6 nitrogen and oxygen atoms in total. The van der Waals surface area contributed by atoms with Crippen LogP contribution in [0.2, 0.25) is 0 Å². The van der Waals surface area contributed by atoms with Crippen LogP contribution < -0.4 is 9.47 Å². The third-order valence-electron chi connectivity index (χ3n) is 6.06. The summed E-state index contributed by atoms with van der Waals surface area (Å²) in [5.41, 5.74) is 4.62. The molecule has 2 N–H and O–H groups in total. The summed E-state index contributed by atoms with van der Waals surface area (Å²) in [6.07, 6.45) is 9.67. The van der Waals surface area contributed by atoms with Crippen molar-refractivity contribution in [3.8, 4) is 0 Å². The Morgan fingerprint density at radius 1 is 0.973 bits per heavy atom. The highest BCUT2D eigenvalue weighted by Crippen LogP contribution is 2.46. The second-order valence-corrected chi connectivity index (χ2v) is 10.7. The van der Waals surface area contributed by atoms with Crippen LogP contribution in [0.5, 0.6) is 0 Å². The molecule has 4 rings (SSSR count). The van der Waals surface area contributed by atoms with Gasteiger partial charge in [0.15, 0.2) is 0 Å². The second kappa shape index (κ2) is 11.2. The predicted octanol–water partition coefficient (Wildman–Crippen LogP) is 6.67. The van der Waals surface area contributed by atoms with Gasteiger partial charge in [-0.25, -0.2) is 9.59 Å². The van der Waals surface area contributed by atoms with Gasteiger partial charge < -0.3 is 15.1 Å². The van der Waals surface area contributed by atoms with Crippen LogP contribution in [-0.2, 0) is 16.1 Å². The molecule has 0 saturated carbocycles. The van der Waals surface area contributed by atoms with Gasteiger partial charge in [0.1, 0.15) is 11.2 Å². The van der Waals surface area contributed by atoms with Gasteiger partial charge >= 0.3 is 11.9 Å². The minimum atomic E-state index is -0.914. The number of hydrogen-bond donors (Lipinski definition) is 2. The molecular formula is C29H29N2O4S2+. The number of carboxylic acid groups (broad SMARTS) is 2. The van der Waals surface area contributed by atoms with Gasteiger partial charge in [-0.15, -0.1) is 0 Å². The summed E-state index contributed by atoms with van der Waals surface area (Å²) in [4.78, 5) is 25.7. The molecule has 1 aromatic heterocycles. The Balaban J connectivity index is 1.61. The number of fused-ring (bicyclic) bond motifs is 2. The summed E-state index contributed by atoms with van der Waals surface area (Å²) in [6.45, 7) is 9.08. The van der Waals surface area contributed by atoms with Gasteiger partial charge in [-0.2, -0.15) is 4.57 Å². The highest BCUT2D eigenvalue weighted by molar-refractivity contribution is 8.03. The average Bonchev–Trinajstić information content (AvgIpc) is 3.39. The van der Waals surface area contributed by atoms with Crippen LogP contribution in [-0.4, -0.2) is 28.7 Å². The highest BCUT2D eigenvalue weighted by Gasteiger charge is 2.24. The van der Waals surface area contributed by atoms with Crippen molar-refractivity contribution in [2.75, 3.05) is 11.4 Å². The SMILES string of the molecule is CCN1/C(=C\C=C/c2sc3cc(/C=C(\C)C(=O)O)ccc3[n+]2CC)Sc2cc(/C=C(/C)C(=O)O)ccc21. The van der Waals surface area contributed by atoms with E-state index in [0.29, 0.717) is 11.1 Å². The van der Waals surface area contributed by atoms with Gasteiger partial charge in [0.05, 0.1) is 10.7 Å². The number of benzene rings is 2. The monoisotopic (exact) mass is 533 g/mol. The number of rotatable bonds is 8. The topological polar surface area (TPSA) is 81.7 Å². The maximum Gasteiger partial charge on any atom is 0.331 e. The zero-order chi connectivity index (χ0) is 26.7. The molecule has 0 radical (unpaired) electrons. The number of thioether (sulfide) groups is 1. The molecule has 2 aromatic carbocycles. The zero-order valence-corrected chi connectivity index (χ0v) is 22.8. The Morgan fingerprint density at radius 2 is 1.62 bits per heavy atom. The summed E-state index contributed by atoms with van der Waals surface area (Å²) < 4.78 is 3.36. The number of anilines is 1.